The van der Waals surface area contributed by atoms with Crippen molar-refractivity contribution in [2.45, 2.75) is 30.7 Å². The second-order valence-electron chi connectivity index (χ2n) is 8.58. The van der Waals surface area contributed by atoms with Gasteiger partial charge in [0.15, 0.2) is 0 Å². The number of nitriles is 1. The molecule has 2 aromatic rings. The fraction of sp³-hybridized carbons (Fsp3) is 0.375. The molecule has 1 aliphatic heterocycles. The lowest BCUT2D eigenvalue weighted by atomic mass is 9.93. The first-order chi connectivity index (χ1) is 17.1. The van der Waals surface area contributed by atoms with E-state index in [1.165, 1.54) is 36.2 Å². The van der Waals surface area contributed by atoms with Crippen LogP contribution in [0.3, 0.4) is 0 Å². The quantitative estimate of drug-likeness (QED) is 0.507. The number of benzene rings is 2. The first-order valence-electron chi connectivity index (χ1n) is 10.8. The Balaban J connectivity index is 1.96. The highest BCUT2D eigenvalue weighted by molar-refractivity contribution is 5.92. The van der Waals surface area contributed by atoms with Crippen LogP contribution < -0.4 is 4.90 Å². The van der Waals surface area contributed by atoms with Crippen LogP contribution in [0, 0.1) is 17.1 Å². The molecule has 1 aliphatic rings. The van der Waals surface area contributed by atoms with E-state index in [0.717, 1.165) is 11.9 Å². The van der Waals surface area contributed by atoms with Gasteiger partial charge in [0.2, 0.25) is 5.91 Å². The summed E-state index contributed by atoms with van der Waals surface area (Å²) < 4.78 is 93.2. The van der Waals surface area contributed by atoms with Crippen molar-refractivity contribution in [2.75, 3.05) is 32.1 Å². The van der Waals surface area contributed by atoms with Gasteiger partial charge in [0.25, 0.3) is 0 Å². The Morgan fingerprint density at radius 1 is 0.973 bits per heavy atom. The minimum atomic E-state index is -5.09. The average molecular weight is 530 g/mol. The molecule has 3 rings (SSSR count). The molecule has 13 heteroatoms. The Morgan fingerprint density at radius 3 is 2.00 bits per heavy atom. The van der Waals surface area contributed by atoms with E-state index in [4.69, 9.17) is 5.26 Å². The number of anilines is 1. The average Bonchev–Trinajstić information content (AvgIpc) is 3.27. The molecule has 198 valence electrons. The second-order valence-corrected chi connectivity index (χ2v) is 8.58. The number of hydrogen-bond donors (Lipinski definition) is 0. The minimum absolute atomic E-state index is 0.0360. The summed E-state index contributed by atoms with van der Waals surface area (Å²) in [6, 6.07) is 6.15. The zero-order valence-electron chi connectivity index (χ0n) is 19.6. The Kier molecular flexibility index (Phi) is 7.71. The first kappa shape index (κ1) is 27.8. The summed E-state index contributed by atoms with van der Waals surface area (Å²) in [5.41, 5.74) is -3.22. The SMILES string of the molecule is CN(C(=O)N(C)[C@@H]1CN(C(=O)CC#N)C[C@H]1c1ccc(F)cc1)c1cc(C(F)(F)F)cc(C(F)(F)F)c1. The van der Waals surface area contributed by atoms with Gasteiger partial charge in [-0.05, 0) is 35.9 Å². The first-order valence-corrected chi connectivity index (χ1v) is 10.8. The van der Waals surface area contributed by atoms with E-state index in [0.29, 0.717) is 22.6 Å². The molecule has 1 fully saturated rings. The number of carbonyl (C=O) groups is 2. The van der Waals surface area contributed by atoms with Gasteiger partial charge in [0, 0.05) is 38.8 Å². The molecule has 6 nitrogen and oxygen atoms in total. The largest absolute Gasteiger partial charge is 0.416 e. The van der Waals surface area contributed by atoms with Gasteiger partial charge >= 0.3 is 18.4 Å². The highest BCUT2D eigenvalue weighted by Gasteiger charge is 2.42. The van der Waals surface area contributed by atoms with Crippen molar-refractivity contribution in [3.8, 4) is 6.07 Å². The summed E-state index contributed by atoms with van der Waals surface area (Å²) in [6.07, 6.45) is -10.6. The summed E-state index contributed by atoms with van der Waals surface area (Å²) in [4.78, 5) is 28.7. The predicted octanol–water partition coefficient (Wildman–Crippen LogP) is 5.26. The van der Waals surface area contributed by atoms with Gasteiger partial charge in [-0.25, -0.2) is 9.18 Å². The number of alkyl halides is 6. The maximum Gasteiger partial charge on any atom is 0.416 e. The van der Waals surface area contributed by atoms with Gasteiger partial charge in [-0.2, -0.15) is 31.6 Å². The summed E-state index contributed by atoms with van der Waals surface area (Å²) in [7, 11) is 2.34. The Hall–Kier alpha value is -3.82. The molecule has 0 N–H and O–H groups in total. The molecule has 1 heterocycles. The van der Waals surface area contributed by atoms with E-state index in [2.05, 4.69) is 0 Å². The Labute approximate surface area is 207 Å². The zero-order chi connectivity index (χ0) is 27.7. The van der Waals surface area contributed by atoms with Gasteiger partial charge in [0.1, 0.15) is 12.2 Å². The molecule has 3 amide bonds. The molecule has 0 radical (unpaired) electrons. The van der Waals surface area contributed by atoms with Crippen molar-refractivity contribution >= 4 is 17.6 Å². The predicted molar refractivity (Wildman–Crippen MR) is 118 cm³/mol. The third-order valence-electron chi connectivity index (χ3n) is 6.22. The van der Waals surface area contributed by atoms with Gasteiger partial charge in [-0.3, -0.25) is 9.69 Å². The molecular weight excluding hydrogens is 509 g/mol. The smallest absolute Gasteiger partial charge is 0.339 e. The fourth-order valence-corrected chi connectivity index (χ4v) is 4.22. The fourth-order valence-electron chi connectivity index (χ4n) is 4.22. The zero-order valence-corrected chi connectivity index (χ0v) is 19.6. The highest BCUT2D eigenvalue weighted by Crippen LogP contribution is 2.39. The van der Waals surface area contributed by atoms with Crippen molar-refractivity contribution in [1.29, 1.82) is 5.26 Å². The molecule has 1 saturated heterocycles. The van der Waals surface area contributed by atoms with Crippen molar-refractivity contribution in [1.82, 2.24) is 9.80 Å². The van der Waals surface area contributed by atoms with E-state index in [9.17, 15) is 40.3 Å². The third kappa shape index (κ3) is 6.12. The molecule has 0 aromatic heterocycles. The summed E-state index contributed by atoms with van der Waals surface area (Å²) in [5.74, 6) is -1.60. The van der Waals surface area contributed by atoms with Crippen LogP contribution in [0.15, 0.2) is 42.5 Å². The third-order valence-corrected chi connectivity index (χ3v) is 6.22. The Morgan fingerprint density at radius 2 is 1.51 bits per heavy atom. The lowest BCUT2D eigenvalue weighted by Gasteiger charge is -2.33. The normalized spacial score (nSPS) is 17.9. The number of halogens is 7. The van der Waals surface area contributed by atoms with E-state index < -0.39 is 65.3 Å². The van der Waals surface area contributed by atoms with Gasteiger partial charge in [0.05, 0.1) is 23.2 Å². The highest BCUT2D eigenvalue weighted by atomic mass is 19.4. The van der Waals surface area contributed by atoms with Gasteiger partial charge < -0.3 is 9.80 Å². The van der Waals surface area contributed by atoms with E-state index in [-0.39, 0.29) is 19.2 Å². The standard InChI is InChI=1S/C24H21F7N4O2/c1-33(18-10-15(23(26,27)28)9-16(11-18)24(29,30)31)22(37)34(2)20-13-35(21(36)7-8-32)12-19(20)14-3-5-17(25)6-4-14/h3-6,9-11,19-20H,7,12-13H2,1-2H3/t19-,20+/m0/s1. The molecule has 0 aliphatic carbocycles. The number of likely N-dealkylation sites (N-methyl/N-ethyl adjacent to an activating group) is 1. The minimum Gasteiger partial charge on any atom is -0.339 e. The number of urea groups is 1. The van der Waals surface area contributed by atoms with Gasteiger partial charge in [-0.15, -0.1) is 0 Å². The van der Waals surface area contributed by atoms with Crippen LogP contribution in [0.2, 0.25) is 0 Å². The molecular formula is C24H21F7N4O2. The lowest BCUT2D eigenvalue weighted by Crippen LogP contribution is -2.47. The summed E-state index contributed by atoms with van der Waals surface area (Å²) in [6.45, 7) is 0.0228. The number of hydrogen-bond acceptors (Lipinski definition) is 3. The van der Waals surface area contributed by atoms with E-state index in [1.54, 1.807) is 6.07 Å². The van der Waals surface area contributed by atoms with Crippen LogP contribution in [0.5, 0.6) is 0 Å². The summed E-state index contributed by atoms with van der Waals surface area (Å²) in [5, 5.41) is 8.86. The number of rotatable bonds is 4. The molecule has 37 heavy (non-hydrogen) atoms. The van der Waals surface area contributed by atoms with Crippen molar-refractivity contribution in [3.63, 3.8) is 0 Å². The number of carbonyl (C=O) groups excluding carboxylic acids is 2. The monoisotopic (exact) mass is 530 g/mol. The summed E-state index contributed by atoms with van der Waals surface area (Å²) >= 11 is 0. The van der Waals surface area contributed by atoms with Crippen molar-refractivity contribution in [2.24, 2.45) is 0 Å². The maximum absolute atomic E-state index is 13.5. The van der Waals surface area contributed by atoms with E-state index in [1.807, 2.05) is 0 Å². The molecule has 0 saturated carbocycles. The van der Waals surface area contributed by atoms with Crippen molar-refractivity contribution < 1.29 is 40.3 Å². The van der Waals surface area contributed by atoms with Crippen molar-refractivity contribution in [3.05, 3.63) is 65.0 Å². The van der Waals surface area contributed by atoms with Crippen LogP contribution in [0.1, 0.15) is 29.0 Å². The van der Waals surface area contributed by atoms with Crippen LogP contribution in [-0.4, -0.2) is 55.0 Å². The van der Waals surface area contributed by atoms with Crippen LogP contribution >= 0.6 is 0 Å². The molecule has 0 bridgehead atoms. The van der Waals surface area contributed by atoms with Crippen LogP contribution in [0.4, 0.5) is 41.2 Å². The Bertz CT molecular complexity index is 1170. The van der Waals surface area contributed by atoms with Crippen LogP contribution in [0.25, 0.3) is 0 Å². The topological polar surface area (TPSA) is 67.7 Å². The second kappa shape index (κ2) is 10.3. The molecule has 0 unspecified atom stereocenters. The molecule has 2 aromatic carbocycles. The molecule has 2 atom stereocenters. The van der Waals surface area contributed by atoms with Crippen LogP contribution in [-0.2, 0) is 17.1 Å². The number of amides is 3. The lowest BCUT2D eigenvalue weighted by molar-refractivity contribution is -0.143. The van der Waals surface area contributed by atoms with Gasteiger partial charge in [-0.1, -0.05) is 12.1 Å². The number of likely N-dealkylation sites (tertiary alicyclic amines) is 1. The maximum atomic E-state index is 13.5. The van der Waals surface area contributed by atoms with E-state index >= 15 is 0 Å². The number of nitrogens with zero attached hydrogens (tertiary/aromatic N) is 4. The molecule has 0 spiro atoms.